The summed E-state index contributed by atoms with van der Waals surface area (Å²) in [5.74, 6) is 0.405. The zero-order chi connectivity index (χ0) is 26.8. The fraction of sp³-hybridized carbons (Fsp3) is 0.214. The zero-order valence-corrected chi connectivity index (χ0v) is 22.7. The Morgan fingerprint density at radius 1 is 1.00 bits per heavy atom. The van der Waals surface area contributed by atoms with Crippen LogP contribution in [-0.4, -0.2) is 49.5 Å². The van der Waals surface area contributed by atoms with Gasteiger partial charge in [0, 0.05) is 46.6 Å². The van der Waals surface area contributed by atoms with Crippen molar-refractivity contribution in [1.29, 1.82) is 0 Å². The highest BCUT2D eigenvalue weighted by Gasteiger charge is 2.31. The van der Waals surface area contributed by atoms with Crippen LogP contribution in [0.2, 0.25) is 0 Å². The summed E-state index contributed by atoms with van der Waals surface area (Å²) in [5.41, 5.74) is 4.78. The van der Waals surface area contributed by atoms with E-state index in [9.17, 15) is 9.59 Å². The van der Waals surface area contributed by atoms with E-state index in [-0.39, 0.29) is 17.7 Å². The molecule has 0 unspecified atom stereocenters. The standard InChI is InChI=1S/C28H24N6O3S2/c1-17-24(25(32-37-17)19-5-3-2-4-6-19)28(36)34-13-11-20(12-14-34)27-30-23(15-38-27)26(35)29-21-9-7-18(8-10-21)22-16-39-33-31-22/h2-10,15-16,20H,11-14H2,1H3,(H,29,35). The van der Waals surface area contributed by atoms with E-state index in [0.717, 1.165) is 34.7 Å². The molecule has 3 aromatic heterocycles. The number of amides is 2. The molecular weight excluding hydrogens is 532 g/mol. The van der Waals surface area contributed by atoms with Crippen molar-refractivity contribution in [3.63, 3.8) is 0 Å². The molecule has 1 saturated heterocycles. The van der Waals surface area contributed by atoms with Crippen LogP contribution in [0.15, 0.2) is 69.9 Å². The first-order valence-electron chi connectivity index (χ1n) is 12.5. The second-order valence-electron chi connectivity index (χ2n) is 9.29. The molecule has 1 fully saturated rings. The first-order valence-corrected chi connectivity index (χ1v) is 14.2. The summed E-state index contributed by atoms with van der Waals surface area (Å²) in [6.07, 6.45) is 1.55. The van der Waals surface area contributed by atoms with Crippen molar-refractivity contribution < 1.29 is 14.1 Å². The Hall–Kier alpha value is -4.22. The largest absolute Gasteiger partial charge is 0.360 e. The molecule has 6 rings (SSSR count). The summed E-state index contributed by atoms with van der Waals surface area (Å²) in [4.78, 5) is 32.7. The minimum Gasteiger partial charge on any atom is -0.360 e. The molecular formula is C28H24N6O3S2. The van der Waals surface area contributed by atoms with Gasteiger partial charge in [-0.1, -0.05) is 52.1 Å². The number of piperidine rings is 1. The van der Waals surface area contributed by atoms with Crippen molar-refractivity contribution in [1.82, 2.24) is 24.6 Å². The third-order valence-electron chi connectivity index (χ3n) is 6.81. The third-order valence-corrected chi connectivity index (χ3v) is 8.32. The minimum absolute atomic E-state index is 0.0673. The number of hydrogen-bond donors (Lipinski definition) is 1. The Morgan fingerprint density at radius 2 is 1.77 bits per heavy atom. The van der Waals surface area contributed by atoms with Crippen LogP contribution >= 0.6 is 22.9 Å². The van der Waals surface area contributed by atoms with Gasteiger partial charge in [0.25, 0.3) is 11.8 Å². The molecule has 39 heavy (non-hydrogen) atoms. The highest BCUT2D eigenvalue weighted by Crippen LogP contribution is 2.33. The van der Waals surface area contributed by atoms with Crippen molar-refractivity contribution in [3.8, 4) is 22.5 Å². The summed E-state index contributed by atoms with van der Waals surface area (Å²) in [6.45, 7) is 2.98. The zero-order valence-electron chi connectivity index (χ0n) is 21.0. The van der Waals surface area contributed by atoms with Gasteiger partial charge in [0.1, 0.15) is 28.4 Å². The number of rotatable bonds is 6. The number of carbonyl (C=O) groups is 2. The Morgan fingerprint density at radius 3 is 2.49 bits per heavy atom. The second-order valence-corrected chi connectivity index (χ2v) is 10.8. The van der Waals surface area contributed by atoms with Crippen LogP contribution in [0.1, 0.15) is 50.4 Å². The van der Waals surface area contributed by atoms with Crippen LogP contribution in [0.4, 0.5) is 5.69 Å². The van der Waals surface area contributed by atoms with Gasteiger partial charge < -0.3 is 14.7 Å². The number of aryl methyl sites for hydroxylation is 1. The number of nitrogens with one attached hydrogen (secondary N) is 1. The van der Waals surface area contributed by atoms with Crippen LogP contribution in [0, 0.1) is 6.92 Å². The maximum atomic E-state index is 13.4. The van der Waals surface area contributed by atoms with Crippen molar-refractivity contribution in [2.24, 2.45) is 0 Å². The molecule has 1 N–H and O–H groups in total. The van der Waals surface area contributed by atoms with Gasteiger partial charge >= 0.3 is 0 Å². The molecule has 0 saturated carbocycles. The average molecular weight is 557 g/mol. The highest BCUT2D eigenvalue weighted by molar-refractivity contribution is 7.10. The summed E-state index contributed by atoms with van der Waals surface area (Å²) < 4.78 is 9.28. The van der Waals surface area contributed by atoms with Gasteiger partial charge in [-0.05, 0) is 43.4 Å². The number of thiazole rings is 1. The molecule has 0 atom stereocenters. The van der Waals surface area contributed by atoms with Gasteiger partial charge in [0.05, 0.1) is 5.01 Å². The van der Waals surface area contributed by atoms with Crippen LogP contribution in [-0.2, 0) is 0 Å². The molecule has 4 heterocycles. The lowest BCUT2D eigenvalue weighted by atomic mass is 9.96. The predicted octanol–water partition coefficient (Wildman–Crippen LogP) is 5.90. The SMILES string of the molecule is Cc1onc(-c2ccccc2)c1C(=O)N1CCC(c2nc(C(=O)Nc3ccc(-c4csnn4)cc3)cs2)CC1. The molecule has 11 heteroatoms. The van der Waals surface area contributed by atoms with Gasteiger partial charge in [-0.3, -0.25) is 9.59 Å². The molecule has 0 radical (unpaired) electrons. The predicted molar refractivity (Wildman–Crippen MR) is 150 cm³/mol. The topological polar surface area (TPSA) is 114 Å². The molecule has 2 amide bonds. The monoisotopic (exact) mass is 556 g/mol. The quantitative estimate of drug-likeness (QED) is 0.277. The third kappa shape index (κ3) is 5.23. The number of nitrogens with zero attached hydrogens (tertiary/aromatic N) is 5. The summed E-state index contributed by atoms with van der Waals surface area (Å²) >= 11 is 2.79. The van der Waals surface area contributed by atoms with E-state index >= 15 is 0 Å². The maximum absolute atomic E-state index is 13.4. The lowest BCUT2D eigenvalue weighted by molar-refractivity contribution is 0.0711. The summed E-state index contributed by atoms with van der Waals surface area (Å²) in [5, 5.41) is 15.7. The van der Waals surface area contributed by atoms with Crippen molar-refractivity contribution >= 4 is 40.4 Å². The lowest BCUT2D eigenvalue weighted by Crippen LogP contribution is -2.38. The van der Waals surface area contributed by atoms with Crippen molar-refractivity contribution in [2.45, 2.75) is 25.7 Å². The fourth-order valence-corrected chi connectivity index (χ4v) is 6.13. The van der Waals surface area contributed by atoms with Crippen LogP contribution < -0.4 is 5.32 Å². The van der Waals surface area contributed by atoms with Crippen LogP contribution in [0.3, 0.4) is 0 Å². The number of aromatic nitrogens is 4. The number of hydrogen-bond acceptors (Lipinski definition) is 9. The van der Waals surface area contributed by atoms with E-state index in [1.165, 1.54) is 22.9 Å². The molecule has 196 valence electrons. The lowest BCUT2D eigenvalue weighted by Gasteiger charge is -2.31. The Balaban J connectivity index is 1.07. The number of carbonyl (C=O) groups excluding carboxylic acids is 2. The van der Waals surface area contributed by atoms with Gasteiger partial charge in [0.15, 0.2) is 0 Å². The molecule has 2 aromatic carbocycles. The average Bonchev–Trinajstić information content (AvgIpc) is 3.75. The minimum atomic E-state index is -0.246. The summed E-state index contributed by atoms with van der Waals surface area (Å²) in [7, 11) is 0. The van der Waals surface area contributed by atoms with E-state index in [0.29, 0.717) is 41.5 Å². The Kier molecular flexibility index (Phi) is 6.99. The van der Waals surface area contributed by atoms with E-state index in [4.69, 9.17) is 4.52 Å². The Bertz CT molecular complexity index is 1590. The van der Waals surface area contributed by atoms with E-state index in [1.807, 2.05) is 64.9 Å². The van der Waals surface area contributed by atoms with Crippen LogP contribution in [0.5, 0.6) is 0 Å². The first-order chi connectivity index (χ1) is 19.1. The number of likely N-dealkylation sites (tertiary alicyclic amines) is 1. The van der Waals surface area contributed by atoms with E-state index < -0.39 is 0 Å². The van der Waals surface area contributed by atoms with Crippen molar-refractivity contribution in [2.75, 3.05) is 18.4 Å². The van der Waals surface area contributed by atoms with Gasteiger partial charge in [-0.15, -0.1) is 16.4 Å². The van der Waals surface area contributed by atoms with Gasteiger partial charge in [0.2, 0.25) is 0 Å². The first kappa shape index (κ1) is 25.1. The molecule has 1 aliphatic rings. The molecule has 5 aromatic rings. The van der Waals surface area contributed by atoms with E-state index in [1.54, 1.807) is 12.3 Å². The normalized spacial score (nSPS) is 13.9. The molecule has 0 bridgehead atoms. The van der Waals surface area contributed by atoms with Crippen molar-refractivity contribution in [3.05, 3.63) is 87.4 Å². The van der Waals surface area contributed by atoms with Gasteiger partial charge in [-0.2, -0.15) is 0 Å². The molecule has 9 nitrogen and oxygen atoms in total. The second kappa shape index (κ2) is 10.9. The Labute approximate surface area is 232 Å². The van der Waals surface area contributed by atoms with Crippen LogP contribution in [0.25, 0.3) is 22.5 Å². The fourth-order valence-electron chi connectivity index (χ4n) is 4.69. The van der Waals surface area contributed by atoms with Gasteiger partial charge in [-0.25, -0.2) is 4.98 Å². The number of anilines is 1. The smallest absolute Gasteiger partial charge is 0.275 e. The molecule has 0 aliphatic carbocycles. The maximum Gasteiger partial charge on any atom is 0.275 e. The number of benzene rings is 2. The van der Waals surface area contributed by atoms with E-state index in [2.05, 4.69) is 25.0 Å². The molecule has 1 aliphatic heterocycles. The highest BCUT2D eigenvalue weighted by atomic mass is 32.1. The molecule has 0 spiro atoms. The summed E-state index contributed by atoms with van der Waals surface area (Å²) in [6, 6.07) is 17.1.